The van der Waals surface area contributed by atoms with Gasteiger partial charge in [0.1, 0.15) is 12.2 Å². The van der Waals surface area contributed by atoms with Crippen molar-refractivity contribution in [3.8, 4) is 11.3 Å². The summed E-state index contributed by atoms with van der Waals surface area (Å²) >= 11 is 0. The fourth-order valence-corrected chi connectivity index (χ4v) is 2.08. The predicted molar refractivity (Wildman–Crippen MR) is 76.5 cm³/mol. The largest absolute Gasteiger partial charge is 0.396 e. The first kappa shape index (κ1) is 13.5. The van der Waals surface area contributed by atoms with Gasteiger partial charge >= 0.3 is 0 Å². The van der Waals surface area contributed by atoms with E-state index in [-0.39, 0.29) is 6.61 Å². The first-order valence-corrected chi connectivity index (χ1v) is 6.86. The lowest BCUT2D eigenvalue weighted by Crippen LogP contribution is -1.99. The van der Waals surface area contributed by atoms with Gasteiger partial charge in [-0.25, -0.2) is 4.68 Å². The molecule has 21 heavy (non-hydrogen) atoms. The van der Waals surface area contributed by atoms with Gasteiger partial charge in [-0.3, -0.25) is 0 Å². The highest BCUT2D eigenvalue weighted by atomic mass is 16.5. The van der Waals surface area contributed by atoms with Gasteiger partial charge in [-0.1, -0.05) is 40.7 Å². The summed E-state index contributed by atoms with van der Waals surface area (Å²) < 4.78 is 7.05. The third kappa shape index (κ3) is 3.35. The molecule has 0 aliphatic heterocycles. The number of aliphatic hydroxyl groups is 1. The number of benzene rings is 1. The van der Waals surface area contributed by atoms with Crippen LogP contribution in [0.25, 0.3) is 11.3 Å². The van der Waals surface area contributed by atoms with E-state index < -0.39 is 0 Å². The molecule has 6 nitrogen and oxygen atoms in total. The van der Waals surface area contributed by atoms with Crippen molar-refractivity contribution in [3.63, 3.8) is 0 Å². The number of hydrogen-bond acceptors (Lipinski definition) is 5. The van der Waals surface area contributed by atoms with E-state index in [9.17, 15) is 0 Å². The van der Waals surface area contributed by atoms with Crippen LogP contribution in [0.3, 0.4) is 0 Å². The minimum Gasteiger partial charge on any atom is -0.396 e. The average Bonchev–Trinajstić information content (AvgIpc) is 3.16. The molecule has 2 heterocycles. The Labute approximate surface area is 122 Å². The van der Waals surface area contributed by atoms with Crippen molar-refractivity contribution < 1.29 is 9.63 Å². The zero-order valence-electron chi connectivity index (χ0n) is 11.5. The number of rotatable bonds is 6. The highest BCUT2D eigenvalue weighted by molar-refractivity contribution is 5.58. The molecule has 2 aromatic heterocycles. The summed E-state index contributed by atoms with van der Waals surface area (Å²) in [5.41, 5.74) is 2.70. The van der Waals surface area contributed by atoms with Crippen LogP contribution in [-0.4, -0.2) is 31.9 Å². The zero-order valence-corrected chi connectivity index (χ0v) is 11.5. The van der Waals surface area contributed by atoms with Crippen molar-refractivity contribution in [2.75, 3.05) is 6.61 Å². The summed E-state index contributed by atoms with van der Waals surface area (Å²) in [4.78, 5) is 0. The summed E-state index contributed by atoms with van der Waals surface area (Å²) in [5, 5.41) is 21.0. The third-order valence-corrected chi connectivity index (χ3v) is 3.12. The van der Waals surface area contributed by atoms with E-state index in [0.29, 0.717) is 13.0 Å². The van der Waals surface area contributed by atoms with Crippen molar-refractivity contribution in [2.45, 2.75) is 19.4 Å². The Hall–Kier alpha value is -2.47. The molecule has 6 heteroatoms. The molecule has 0 spiro atoms. The van der Waals surface area contributed by atoms with Crippen LogP contribution in [0, 0.1) is 0 Å². The van der Waals surface area contributed by atoms with Crippen LogP contribution in [0.15, 0.2) is 47.1 Å². The van der Waals surface area contributed by atoms with Gasteiger partial charge in [0.05, 0.1) is 5.69 Å². The Bertz CT molecular complexity index is 691. The van der Waals surface area contributed by atoms with Gasteiger partial charge in [-0.05, 0) is 12.8 Å². The molecule has 0 radical (unpaired) electrons. The van der Waals surface area contributed by atoms with Crippen LogP contribution in [0.1, 0.15) is 17.9 Å². The molecule has 0 aliphatic rings. The molecule has 0 bridgehead atoms. The summed E-state index contributed by atoms with van der Waals surface area (Å²) in [6, 6.07) is 11.8. The molecule has 0 aliphatic carbocycles. The van der Waals surface area contributed by atoms with Crippen LogP contribution in [0.2, 0.25) is 0 Å². The van der Waals surface area contributed by atoms with Crippen molar-refractivity contribution in [3.05, 3.63) is 54.0 Å². The van der Waals surface area contributed by atoms with Gasteiger partial charge in [0.25, 0.3) is 0 Å². The fraction of sp³-hybridized carbons (Fsp3) is 0.267. The molecule has 1 N–H and O–H groups in total. The van der Waals surface area contributed by atoms with Gasteiger partial charge in [0.2, 0.25) is 0 Å². The van der Waals surface area contributed by atoms with Crippen molar-refractivity contribution in [1.29, 1.82) is 0 Å². The van der Waals surface area contributed by atoms with Crippen molar-refractivity contribution in [2.24, 2.45) is 0 Å². The number of hydrogen-bond donors (Lipinski definition) is 1. The highest BCUT2D eigenvalue weighted by Gasteiger charge is 2.08. The smallest absolute Gasteiger partial charge is 0.158 e. The molecule has 0 atom stereocenters. The Morgan fingerprint density at radius 1 is 1.19 bits per heavy atom. The van der Waals surface area contributed by atoms with E-state index >= 15 is 0 Å². The lowest BCUT2D eigenvalue weighted by atomic mass is 10.1. The summed E-state index contributed by atoms with van der Waals surface area (Å²) in [7, 11) is 0. The SMILES string of the molecule is OCCCc1cn(Cc2cc(-c3ccccc3)no2)nn1. The minimum absolute atomic E-state index is 0.162. The van der Waals surface area contributed by atoms with Gasteiger partial charge in [-0.2, -0.15) is 0 Å². The Balaban J connectivity index is 1.68. The molecule has 0 amide bonds. The standard InChI is InChI=1S/C15H16N4O2/c20-8-4-7-13-10-19(18-16-13)11-14-9-15(17-21-14)12-5-2-1-3-6-12/h1-3,5-6,9-10,20H,4,7-8,11H2. The molecule has 108 valence electrons. The predicted octanol–water partition coefficient (Wildman–Crippen LogP) is 1.91. The van der Waals surface area contributed by atoms with Gasteiger partial charge in [0, 0.05) is 24.4 Å². The minimum atomic E-state index is 0.162. The van der Waals surface area contributed by atoms with E-state index in [0.717, 1.165) is 29.1 Å². The molecule has 1 aromatic carbocycles. The van der Waals surface area contributed by atoms with Crippen LogP contribution in [0.4, 0.5) is 0 Å². The summed E-state index contributed by atoms with van der Waals surface area (Å²) in [6.45, 7) is 0.654. The lowest BCUT2D eigenvalue weighted by molar-refractivity contribution is 0.288. The van der Waals surface area contributed by atoms with Gasteiger partial charge in [-0.15, -0.1) is 5.10 Å². The normalized spacial score (nSPS) is 10.9. The molecule has 0 saturated carbocycles. The van der Waals surface area contributed by atoms with E-state index in [1.165, 1.54) is 0 Å². The molecule has 0 fully saturated rings. The lowest BCUT2D eigenvalue weighted by Gasteiger charge is -1.94. The Kier molecular flexibility index (Phi) is 4.07. The topological polar surface area (TPSA) is 77.0 Å². The maximum absolute atomic E-state index is 8.80. The number of aliphatic hydroxyl groups excluding tert-OH is 1. The van der Waals surface area contributed by atoms with Gasteiger partial charge < -0.3 is 9.63 Å². The van der Waals surface area contributed by atoms with Crippen LogP contribution in [0.5, 0.6) is 0 Å². The van der Waals surface area contributed by atoms with E-state index in [2.05, 4.69) is 15.5 Å². The maximum Gasteiger partial charge on any atom is 0.158 e. The quantitative estimate of drug-likeness (QED) is 0.748. The second kappa shape index (κ2) is 6.32. The van der Waals surface area contributed by atoms with Crippen LogP contribution in [-0.2, 0) is 13.0 Å². The molecule has 0 unspecified atom stereocenters. The van der Waals surface area contributed by atoms with E-state index in [1.807, 2.05) is 42.6 Å². The second-order valence-corrected chi connectivity index (χ2v) is 4.78. The second-order valence-electron chi connectivity index (χ2n) is 4.78. The number of aryl methyl sites for hydroxylation is 1. The average molecular weight is 284 g/mol. The molecule has 3 rings (SSSR count). The summed E-state index contributed by atoms with van der Waals surface area (Å²) in [5.74, 6) is 0.729. The number of nitrogens with zero attached hydrogens (tertiary/aromatic N) is 4. The molecular formula is C15H16N4O2. The van der Waals surface area contributed by atoms with Crippen LogP contribution < -0.4 is 0 Å². The highest BCUT2D eigenvalue weighted by Crippen LogP contribution is 2.18. The monoisotopic (exact) mass is 284 g/mol. The molecule has 0 saturated heterocycles. The third-order valence-electron chi connectivity index (χ3n) is 3.12. The first-order chi connectivity index (χ1) is 10.3. The van der Waals surface area contributed by atoms with Crippen LogP contribution >= 0.6 is 0 Å². The van der Waals surface area contributed by atoms with Crippen molar-refractivity contribution >= 4 is 0 Å². The maximum atomic E-state index is 8.80. The Morgan fingerprint density at radius 2 is 2.05 bits per heavy atom. The fourth-order valence-electron chi connectivity index (χ4n) is 2.08. The number of aromatic nitrogens is 4. The van der Waals surface area contributed by atoms with E-state index in [1.54, 1.807) is 4.68 Å². The van der Waals surface area contributed by atoms with Gasteiger partial charge in [0.15, 0.2) is 5.76 Å². The zero-order chi connectivity index (χ0) is 14.5. The molecular weight excluding hydrogens is 268 g/mol. The van der Waals surface area contributed by atoms with Crippen molar-refractivity contribution in [1.82, 2.24) is 20.2 Å². The molecule has 3 aromatic rings. The van der Waals surface area contributed by atoms with E-state index in [4.69, 9.17) is 9.63 Å². The summed E-state index contributed by atoms with van der Waals surface area (Å²) in [6.07, 6.45) is 3.28. The Morgan fingerprint density at radius 3 is 2.86 bits per heavy atom. The first-order valence-electron chi connectivity index (χ1n) is 6.86.